The van der Waals surface area contributed by atoms with Gasteiger partial charge in [-0.1, -0.05) is 0 Å². The van der Waals surface area contributed by atoms with Crippen molar-refractivity contribution in [2.45, 2.75) is 19.5 Å². The van der Waals surface area contributed by atoms with E-state index in [0.29, 0.717) is 0 Å². The van der Waals surface area contributed by atoms with Crippen LogP contribution in [-0.4, -0.2) is 37.0 Å². The molecule has 0 saturated heterocycles. The molecule has 3 rings (SSSR count). The van der Waals surface area contributed by atoms with Gasteiger partial charge in [-0.2, -0.15) is 0 Å². The summed E-state index contributed by atoms with van der Waals surface area (Å²) >= 11 is 0. The van der Waals surface area contributed by atoms with E-state index in [0.717, 1.165) is 23.8 Å². The van der Waals surface area contributed by atoms with Gasteiger partial charge < -0.3 is 19.6 Å². The van der Waals surface area contributed by atoms with E-state index < -0.39 is 0 Å². The predicted octanol–water partition coefficient (Wildman–Crippen LogP) is 1.47. The van der Waals surface area contributed by atoms with E-state index in [2.05, 4.69) is 32.5 Å². The number of fused-ring (bicyclic) bond motifs is 1. The highest BCUT2D eigenvalue weighted by Crippen LogP contribution is 2.17. The maximum atomic E-state index is 4.53. The van der Waals surface area contributed by atoms with Crippen LogP contribution in [0.25, 0.3) is 5.65 Å². The molecule has 0 aliphatic rings. The van der Waals surface area contributed by atoms with Crippen LogP contribution in [0.3, 0.4) is 0 Å². The Morgan fingerprint density at radius 2 is 2.20 bits per heavy atom. The highest BCUT2D eigenvalue weighted by molar-refractivity contribution is 5.65. The number of anilines is 2. The third-order valence-electron chi connectivity index (χ3n) is 3.06. The maximum absolute atomic E-state index is 4.53. The van der Waals surface area contributed by atoms with Gasteiger partial charge in [0.15, 0.2) is 11.5 Å². The zero-order chi connectivity index (χ0) is 13.9. The van der Waals surface area contributed by atoms with E-state index in [9.17, 15) is 0 Å². The second-order valence-corrected chi connectivity index (χ2v) is 4.69. The van der Waals surface area contributed by atoms with Gasteiger partial charge in [-0.15, -0.1) is 0 Å². The lowest BCUT2D eigenvalue weighted by Gasteiger charge is -2.16. The number of nitrogens with zero attached hydrogens (tertiary/aromatic N) is 5. The maximum Gasteiger partial charge on any atom is 0.180 e. The topological polar surface area (TPSA) is 72.1 Å². The quantitative estimate of drug-likeness (QED) is 0.735. The van der Waals surface area contributed by atoms with Crippen molar-refractivity contribution in [3.8, 4) is 0 Å². The van der Waals surface area contributed by atoms with E-state index in [1.165, 1.54) is 0 Å². The number of hydrogen-bond donors (Lipinski definition) is 2. The number of rotatable bonds is 5. The van der Waals surface area contributed by atoms with Crippen LogP contribution in [-0.2, 0) is 6.54 Å². The van der Waals surface area contributed by atoms with Gasteiger partial charge in [0.2, 0.25) is 0 Å². The molecule has 3 aromatic rings. The summed E-state index contributed by atoms with van der Waals surface area (Å²) < 4.78 is 3.98. The van der Waals surface area contributed by atoms with Gasteiger partial charge >= 0.3 is 0 Å². The molecule has 0 saturated carbocycles. The monoisotopic (exact) mass is 271 g/mol. The molecule has 0 aliphatic carbocycles. The van der Waals surface area contributed by atoms with Crippen LogP contribution in [0.2, 0.25) is 0 Å². The molecule has 0 aromatic carbocycles. The molecule has 3 heterocycles. The molecule has 1 unspecified atom stereocenters. The molecule has 7 heteroatoms. The van der Waals surface area contributed by atoms with E-state index >= 15 is 0 Å². The first-order chi connectivity index (χ1) is 9.76. The molecular weight excluding hydrogens is 254 g/mol. The summed E-state index contributed by atoms with van der Waals surface area (Å²) in [6, 6.07) is 0.212. The molecule has 0 fully saturated rings. The van der Waals surface area contributed by atoms with Gasteiger partial charge in [0, 0.05) is 44.4 Å². The molecule has 3 aromatic heterocycles. The van der Waals surface area contributed by atoms with Crippen LogP contribution >= 0.6 is 0 Å². The average molecular weight is 271 g/mol. The minimum Gasteiger partial charge on any atom is -0.372 e. The van der Waals surface area contributed by atoms with Crippen molar-refractivity contribution in [1.29, 1.82) is 0 Å². The summed E-state index contributed by atoms with van der Waals surface area (Å²) in [5.74, 6) is 1.57. The van der Waals surface area contributed by atoms with E-state index in [4.69, 9.17) is 0 Å². The van der Waals surface area contributed by atoms with Crippen LogP contribution in [0.15, 0.2) is 37.3 Å². The molecule has 7 nitrogen and oxygen atoms in total. The Morgan fingerprint density at radius 1 is 1.30 bits per heavy atom. The molecular formula is C13H17N7. The molecule has 0 radical (unpaired) electrons. The van der Waals surface area contributed by atoms with Crippen LogP contribution in [0.1, 0.15) is 6.92 Å². The van der Waals surface area contributed by atoms with Gasteiger partial charge in [-0.05, 0) is 6.92 Å². The molecule has 0 aliphatic heterocycles. The number of aromatic nitrogens is 5. The van der Waals surface area contributed by atoms with Crippen molar-refractivity contribution in [2.24, 2.45) is 0 Å². The zero-order valence-electron chi connectivity index (χ0n) is 11.5. The average Bonchev–Trinajstić information content (AvgIpc) is 3.09. The summed E-state index contributed by atoms with van der Waals surface area (Å²) in [5.41, 5.74) is 0.821. The Kier molecular flexibility index (Phi) is 3.24. The van der Waals surface area contributed by atoms with Crippen LogP contribution in [0.5, 0.6) is 0 Å². The predicted molar refractivity (Wildman–Crippen MR) is 77.8 cm³/mol. The van der Waals surface area contributed by atoms with Crippen molar-refractivity contribution in [3.63, 3.8) is 0 Å². The standard InChI is InChI=1S/C13H17N7/c1-10(7-19-5-3-15-9-19)17-12-13-16-4-6-20(13)8-11(14-2)18-12/h3-6,8-10,14H,7H2,1-2H3,(H,17,18). The van der Waals surface area contributed by atoms with Gasteiger partial charge in [-0.25, -0.2) is 15.0 Å². The number of hydrogen-bond acceptors (Lipinski definition) is 5. The van der Waals surface area contributed by atoms with E-state index in [1.54, 1.807) is 18.7 Å². The SMILES string of the molecule is CNc1cn2ccnc2c(NC(C)Cn2ccnc2)n1. The van der Waals surface area contributed by atoms with Crippen LogP contribution in [0, 0.1) is 0 Å². The van der Waals surface area contributed by atoms with E-state index in [1.807, 2.05) is 34.6 Å². The summed E-state index contributed by atoms with van der Waals surface area (Å²) in [4.78, 5) is 12.9. The first kappa shape index (κ1) is 12.5. The van der Waals surface area contributed by atoms with Gasteiger partial charge in [0.25, 0.3) is 0 Å². The van der Waals surface area contributed by atoms with Crippen molar-refractivity contribution in [3.05, 3.63) is 37.3 Å². The highest BCUT2D eigenvalue weighted by Gasteiger charge is 2.10. The summed E-state index contributed by atoms with van der Waals surface area (Å²) in [5, 5.41) is 6.45. The van der Waals surface area contributed by atoms with E-state index in [-0.39, 0.29) is 6.04 Å². The lowest BCUT2D eigenvalue weighted by molar-refractivity contribution is 0.617. The van der Waals surface area contributed by atoms with Crippen molar-refractivity contribution in [2.75, 3.05) is 17.7 Å². The molecule has 0 bridgehead atoms. The third kappa shape index (κ3) is 2.42. The van der Waals surface area contributed by atoms with Crippen molar-refractivity contribution in [1.82, 2.24) is 23.9 Å². The summed E-state index contributed by atoms with van der Waals surface area (Å²) in [6.45, 7) is 2.92. The first-order valence-corrected chi connectivity index (χ1v) is 6.50. The molecule has 20 heavy (non-hydrogen) atoms. The largest absolute Gasteiger partial charge is 0.372 e. The summed E-state index contributed by atoms with van der Waals surface area (Å²) in [7, 11) is 1.85. The lowest BCUT2D eigenvalue weighted by Crippen LogP contribution is -2.22. The Labute approximate surface area is 116 Å². The second kappa shape index (κ2) is 5.20. The fourth-order valence-electron chi connectivity index (χ4n) is 2.14. The van der Waals surface area contributed by atoms with Crippen molar-refractivity contribution < 1.29 is 0 Å². The minimum atomic E-state index is 0.212. The Balaban J connectivity index is 1.84. The Morgan fingerprint density at radius 3 is 2.95 bits per heavy atom. The normalized spacial score (nSPS) is 12.5. The third-order valence-corrected chi connectivity index (χ3v) is 3.06. The van der Waals surface area contributed by atoms with Gasteiger partial charge in [0.1, 0.15) is 5.82 Å². The molecule has 2 N–H and O–H groups in total. The van der Waals surface area contributed by atoms with Gasteiger partial charge in [-0.3, -0.25) is 0 Å². The molecule has 0 amide bonds. The summed E-state index contributed by atoms with van der Waals surface area (Å²) in [6.07, 6.45) is 11.1. The lowest BCUT2D eigenvalue weighted by atomic mass is 10.3. The highest BCUT2D eigenvalue weighted by atomic mass is 15.2. The number of nitrogens with one attached hydrogen (secondary N) is 2. The second-order valence-electron chi connectivity index (χ2n) is 4.69. The zero-order valence-corrected chi connectivity index (χ0v) is 11.5. The van der Waals surface area contributed by atoms with Gasteiger partial charge in [0.05, 0.1) is 12.5 Å². The van der Waals surface area contributed by atoms with Crippen LogP contribution in [0.4, 0.5) is 11.6 Å². The minimum absolute atomic E-state index is 0.212. The van der Waals surface area contributed by atoms with Crippen LogP contribution < -0.4 is 10.6 Å². The Hall–Kier alpha value is -2.57. The molecule has 0 spiro atoms. The van der Waals surface area contributed by atoms with Crippen molar-refractivity contribution >= 4 is 17.3 Å². The Bertz CT molecular complexity index is 686. The molecule has 1 atom stereocenters. The fourth-order valence-corrected chi connectivity index (χ4v) is 2.14. The number of imidazole rings is 2. The smallest absolute Gasteiger partial charge is 0.180 e. The fraction of sp³-hybridized carbons (Fsp3) is 0.308. The molecule has 104 valence electrons. The first-order valence-electron chi connectivity index (χ1n) is 6.50.